The van der Waals surface area contributed by atoms with Crippen molar-refractivity contribution >= 4 is 50.9 Å². The largest absolute Gasteiger partial charge is 0.416 e. The second kappa shape index (κ2) is 11.1. The van der Waals surface area contributed by atoms with Crippen LogP contribution in [0.1, 0.15) is 16.7 Å². The van der Waals surface area contributed by atoms with Crippen molar-refractivity contribution in [2.24, 2.45) is 4.99 Å². The van der Waals surface area contributed by atoms with Crippen molar-refractivity contribution in [1.82, 2.24) is 20.0 Å². The Bertz CT molecular complexity index is 1420. The van der Waals surface area contributed by atoms with Crippen LogP contribution >= 0.6 is 23.4 Å². The van der Waals surface area contributed by atoms with E-state index in [1.807, 2.05) is 18.0 Å². The van der Waals surface area contributed by atoms with Crippen LogP contribution in [-0.2, 0) is 22.1 Å². The van der Waals surface area contributed by atoms with Crippen LogP contribution in [0.4, 0.5) is 13.2 Å². The van der Waals surface area contributed by atoms with Gasteiger partial charge in [-0.15, -0.1) is 0 Å². The van der Waals surface area contributed by atoms with Crippen molar-refractivity contribution < 1.29 is 22.7 Å². The minimum Gasteiger partial charge on any atom is -0.379 e. The van der Waals surface area contributed by atoms with E-state index in [9.17, 15) is 18.0 Å². The molecular weight excluding hydrogens is 539 g/mol. The van der Waals surface area contributed by atoms with Crippen LogP contribution in [0, 0.1) is 0 Å². The number of hydrogen-bond acceptors (Lipinski definition) is 6. The number of nitrogens with one attached hydrogen (secondary N) is 1. The lowest BCUT2D eigenvalue weighted by Crippen LogP contribution is -2.41. The molecule has 0 saturated carbocycles. The van der Waals surface area contributed by atoms with E-state index in [2.05, 4.69) is 20.1 Å². The molecule has 0 unspecified atom stereocenters. The third-order valence-corrected chi connectivity index (χ3v) is 8.02. The van der Waals surface area contributed by atoms with Gasteiger partial charge in [-0.1, -0.05) is 23.7 Å². The molecule has 200 valence electrons. The van der Waals surface area contributed by atoms with E-state index in [-0.39, 0.29) is 17.0 Å². The zero-order chi connectivity index (χ0) is 26.9. The maximum absolute atomic E-state index is 13.9. The number of morpholine rings is 1. The molecule has 0 spiro atoms. The Morgan fingerprint density at radius 3 is 2.76 bits per heavy atom. The molecule has 1 amide bonds. The van der Waals surface area contributed by atoms with Crippen molar-refractivity contribution in [2.75, 3.05) is 46.4 Å². The maximum atomic E-state index is 13.9. The molecule has 2 aliphatic heterocycles. The average molecular weight is 564 g/mol. The second-order valence-corrected chi connectivity index (χ2v) is 10.5. The van der Waals surface area contributed by atoms with Crippen LogP contribution < -0.4 is 0 Å². The van der Waals surface area contributed by atoms with Crippen LogP contribution in [0.2, 0.25) is 5.02 Å². The number of aliphatic imine (C=N–C) groups is 1. The Kier molecular flexibility index (Phi) is 7.80. The summed E-state index contributed by atoms with van der Waals surface area (Å²) in [6, 6.07) is 9.11. The average Bonchev–Trinajstić information content (AvgIpc) is 3.52. The molecule has 1 fully saturated rings. The Balaban J connectivity index is 1.48. The van der Waals surface area contributed by atoms with E-state index in [0.29, 0.717) is 41.0 Å². The monoisotopic (exact) mass is 563 g/mol. The molecule has 0 aliphatic carbocycles. The number of amidine groups is 1. The molecule has 38 heavy (non-hydrogen) atoms. The molecule has 2 aromatic carbocycles. The van der Waals surface area contributed by atoms with E-state index in [4.69, 9.17) is 16.3 Å². The van der Waals surface area contributed by atoms with E-state index < -0.39 is 17.6 Å². The van der Waals surface area contributed by atoms with Gasteiger partial charge >= 0.3 is 6.18 Å². The highest BCUT2D eigenvalue weighted by atomic mass is 35.5. The van der Waals surface area contributed by atoms with Crippen LogP contribution in [0.25, 0.3) is 16.5 Å². The number of aromatic nitrogens is 2. The summed E-state index contributed by atoms with van der Waals surface area (Å²) in [6.45, 7) is 4.52. The fraction of sp³-hybridized carbons (Fsp3) is 0.346. The molecule has 0 atom stereocenters. The number of hydrogen-bond donors (Lipinski definition) is 1. The number of rotatable bonds is 6. The zero-order valence-electron chi connectivity index (χ0n) is 20.5. The minimum atomic E-state index is -4.60. The predicted octanol–water partition coefficient (Wildman–Crippen LogP) is 5.08. The summed E-state index contributed by atoms with van der Waals surface area (Å²) in [5, 5.41) is 8.20. The molecule has 7 nitrogen and oxygen atoms in total. The van der Waals surface area contributed by atoms with Gasteiger partial charge in [-0.05, 0) is 59.1 Å². The molecule has 1 saturated heterocycles. The summed E-state index contributed by atoms with van der Waals surface area (Å²) in [6.07, 6.45) is -3.09. The van der Waals surface area contributed by atoms with Gasteiger partial charge in [-0.3, -0.25) is 14.8 Å². The van der Waals surface area contributed by atoms with Gasteiger partial charge in [0.2, 0.25) is 0 Å². The topological polar surface area (TPSA) is 73.8 Å². The van der Waals surface area contributed by atoms with E-state index >= 15 is 0 Å². The number of alkyl halides is 3. The third kappa shape index (κ3) is 5.90. The van der Waals surface area contributed by atoms with Crippen molar-refractivity contribution in [3.05, 3.63) is 69.2 Å². The molecule has 3 aromatic rings. The molecule has 12 heteroatoms. The third-order valence-electron chi connectivity index (χ3n) is 6.57. The van der Waals surface area contributed by atoms with E-state index in [0.717, 1.165) is 36.6 Å². The Morgan fingerprint density at radius 1 is 1.21 bits per heavy atom. The molecule has 1 N–H and O–H groups in total. The van der Waals surface area contributed by atoms with Crippen LogP contribution in [0.15, 0.2) is 52.5 Å². The summed E-state index contributed by atoms with van der Waals surface area (Å²) in [7, 11) is 1.86. The van der Waals surface area contributed by atoms with Gasteiger partial charge in [0.05, 0.1) is 35.4 Å². The first-order valence-electron chi connectivity index (χ1n) is 12.0. The number of H-pyrrole nitrogens is 1. The molecule has 5 rings (SSSR count). The van der Waals surface area contributed by atoms with Crippen molar-refractivity contribution in [2.45, 2.75) is 12.6 Å². The molecule has 0 bridgehead atoms. The number of likely N-dealkylation sites (N-methyl/N-ethyl adjacent to an activating group) is 1. The second-order valence-electron chi connectivity index (χ2n) is 9.13. The number of allylic oxidation sites excluding steroid dienone is 1. The molecule has 1 aromatic heterocycles. The lowest BCUT2D eigenvalue weighted by molar-refractivity contribution is -0.138. The fourth-order valence-corrected chi connectivity index (χ4v) is 5.64. The number of fused-ring (bicyclic) bond motifs is 1. The lowest BCUT2D eigenvalue weighted by Gasteiger charge is -2.28. The number of carbonyl (C=O) groups is 1. The van der Waals surface area contributed by atoms with Gasteiger partial charge in [-0.2, -0.15) is 23.3 Å². The summed E-state index contributed by atoms with van der Waals surface area (Å²) in [4.78, 5) is 21.9. The van der Waals surface area contributed by atoms with Crippen molar-refractivity contribution in [3.63, 3.8) is 0 Å². The van der Waals surface area contributed by atoms with Gasteiger partial charge in [0.1, 0.15) is 0 Å². The van der Waals surface area contributed by atoms with Crippen molar-refractivity contribution in [3.8, 4) is 0 Å². The SMILES string of the molecule is CN(CCN1CCOCC1)C1=NC(=O)C(=C(Cc2ccc(Cl)cc2C(F)(F)F)c2ccc3[nH]ncc3c2)S1. The molecular formula is C26H25ClF3N5O2S. The summed E-state index contributed by atoms with van der Waals surface area (Å²) < 4.78 is 47.1. The van der Waals surface area contributed by atoms with Crippen LogP contribution in [-0.4, -0.2) is 77.5 Å². The quantitative estimate of drug-likeness (QED) is 0.422. The van der Waals surface area contributed by atoms with Gasteiger partial charge in [0.15, 0.2) is 5.17 Å². The number of ether oxygens (including phenoxy) is 1. The van der Waals surface area contributed by atoms with E-state index in [1.165, 1.54) is 23.9 Å². The van der Waals surface area contributed by atoms with E-state index in [1.54, 1.807) is 18.3 Å². The van der Waals surface area contributed by atoms with Crippen LogP contribution in [0.3, 0.4) is 0 Å². The Morgan fingerprint density at radius 2 is 2.00 bits per heavy atom. The zero-order valence-corrected chi connectivity index (χ0v) is 22.1. The number of halogens is 4. The smallest absolute Gasteiger partial charge is 0.379 e. The van der Waals surface area contributed by atoms with Gasteiger partial charge in [0.25, 0.3) is 5.91 Å². The standard InChI is InChI=1S/C26H25ClF3N5O2S/c1-34(6-7-35-8-10-37-11-9-35)25-32-24(36)23(38-25)20(16-3-5-22-18(12-16)15-31-33-22)13-17-2-4-19(27)14-21(17)26(28,29)30/h2-5,12,14-15H,6-11,13H2,1H3,(H,31,33). The molecule has 0 radical (unpaired) electrons. The van der Waals surface area contributed by atoms with Gasteiger partial charge in [0, 0.05) is 43.6 Å². The number of carbonyl (C=O) groups excluding carboxylic acids is 1. The number of aromatic amines is 1. The highest BCUT2D eigenvalue weighted by Gasteiger charge is 2.35. The van der Waals surface area contributed by atoms with Crippen molar-refractivity contribution in [1.29, 1.82) is 0 Å². The highest BCUT2D eigenvalue weighted by molar-refractivity contribution is 8.18. The first-order chi connectivity index (χ1) is 18.2. The summed E-state index contributed by atoms with van der Waals surface area (Å²) in [5.41, 5.74) is 1.08. The Labute approximate surface area is 226 Å². The van der Waals surface area contributed by atoms with Crippen LogP contribution in [0.5, 0.6) is 0 Å². The predicted molar refractivity (Wildman–Crippen MR) is 143 cm³/mol. The number of benzene rings is 2. The van der Waals surface area contributed by atoms with Gasteiger partial charge < -0.3 is 9.64 Å². The normalized spacial score (nSPS) is 18.2. The minimum absolute atomic E-state index is 0.00563. The number of nitrogens with zero attached hydrogens (tertiary/aromatic N) is 4. The summed E-state index contributed by atoms with van der Waals surface area (Å²) in [5.74, 6) is -0.465. The fourth-order valence-electron chi connectivity index (χ4n) is 4.46. The first kappa shape index (κ1) is 26.7. The maximum Gasteiger partial charge on any atom is 0.416 e. The first-order valence-corrected chi connectivity index (χ1v) is 13.2. The Hall–Kier alpha value is -2.86. The lowest BCUT2D eigenvalue weighted by atomic mass is 9.93. The molecule has 3 heterocycles. The molecule has 2 aliphatic rings. The summed E-state index contributed by atoms with van der Waals surface area (Å²) >= 11 is 7.10. The number of thioether (sulfide) groups is 1. The highest BCUT2D eigenvalue weighted by Crippen LogP contribution is 2.40. The van der Waals surface area contributed by atoms with Gasteiger partial charge in [-0.25, -0.2) is 0 Å². The number of amides is 1.